The summed E-state index contributed by atoms with van der Waals surface area (Å²) in [5.41, 5.74) is 1.56. The van der Waals surface area contributed by atoms with E-state index in [-0.39, 0.29) is 11.9 Å². The Balaban J connectivity index is 1.58. The normalized spacial score (nSPS) is 17.8. The SMILES string of the molecule is O=C(c1cc(-c2ccc(Cl)s2)on1)N1CCC[C@H]1c1ccsc1. The van der Waals surface area contributed by atoms with Crippen LogP contribution in [0, 0.1) is 0 Å². The first-order valence-corrected chi connectivity index (χ1v) is 9.41. The molecule has 0 saturated carbocycles. The van der Waals surface area contributed by atoms with Crippen LogP contribution in [-0.4, -0.2) is 22.5 Å². The molecule has 7 heteroatoms. The Hall–Kier alpha value is -1.63. The summed E-state index contributed by atoms with van der Waals surface area (Å²) in [6, 6.07) is 7.60. The zero-order valence-electron chi connectivity index (χ0n) is 12.1. The quantitative estimate of drug-likeness (QED) is 0.649. The molecule has 0 radical (unpaired) electrons. The summed E-state index contributed by atoms with van der Waals surface area (Å²) in [4.78, 5) is 15.6. The number of halogens is 1. The molecule has 0 N–H and O–H groups in total. The molecule has 3 aromatic rings. The van der Waals surface area contributed by atoms with E-state index in [4.69, 9.17) is 16.1 Å². The van der Waals surface area contributed by atoms with E-state index in [1.165, 1.54) is 16.9 Å². The Morgan fingerprint density at radius 3 is 3.04 bits per heavy atom. The lowest BCUT2D eigenvalue weighted by Gasteiger charge is -2.23. The minimum Gasteiger partial charge on any atom is -0.355 e. The van der Waals surface area contributed by atoms with Gasteiger partial charge in [0.15, 0.2) is 11.5 Å². The number of aromatic nitrogens is 1. The number of nitrogens with zero attached hydrogens (tertiary/aromatic N) is 2. The Labute approximate surface area is 146 Å². The summed E-state index contributed by atoms with van der Waals surface area (Å²) in [5, 5.41) is 8.12. The Bertz CT molecular complexity index is 825. The summed E-state index contributed by atoms with van der Waals surface area (Å²) in [6.07, 6.45) is 2.01. The summed E-state index contributed by atoms with van der Waals surface area (Å²) in [5.74, 6) is 0.507. The van der Waals surface area contributed by atoms with Crippen molar-refractivity contribution in [2.75, 3.05) is 6.54 Å². The maximum absolute atomic E-state index is 12.8. The zero-order valence-corrected chi connectivity index (χ0v) is 14.5. The lowest BCUT2D eigenvalue weighted by atomic mass is 10.1. The van der Waals surface area contributed by atoms with Crippen LogP contribution in [0.15, 0.2) is 39.5 Å². The predicted octanol–water partition coefficient (Wildman–Crippen LogP) is 5.10. The molecule has 4 nitrogen and oxygen atoms in total. The maximum atomic E-state index is 12.8. The first kappa shape index (κ1) is 14.9. The van der Waals surface area contributed by atoms with Gasteiger partial charge in [-0.25, -0.2) is 0 Å². The smallest absolute Gasteiger partial charge is 0.276 e. The van der Waals surface area contributed by atoms with Crippen molar-refractivity contribution >= 4 is 40.2 Å². The van der Waals surface area contributed by atoms with E-state index in [2.05, 4.69) is 16.6 Å². The number of amides is 1. The van der Waals surface area contributed by atoms with Crippen molar-refractivity contribution in [3.63, 3.8) is 0 Å². The molecule has 1 saturated heterocycles. The molecule has 0 aliphatic carbocycles. The van der Waals surface area contributed by atoms with Crippen molar-refractivity contribution in [1.29, 1.82) is 0 Å². The van der Waals surface area contributed by atoms with Crippen LogP contribution in [0.5, 0.6) is 0 Å². The van der Waals surface area contributed by atoms with Crippen molar-refractivity contribution in [3.8, 4) is 10.6 Å². The highest BCUT2D eigenvalue weighted by Gasteiger charge is 2.32. The van der Waals surface area contributed by atoms with Crippen LogP contribution in [0.4, 0.5) is 0 Å². The van der Waals surface area contributed by atoms with E-state index in [1.54, 1.807) is 23.5 Å². The van der Waals surface area contributed by atoms with Gasteiger partial charge in [-0.05, 0) is 47.4 Å². The molecule has 4 heterocycles. The van der Waals surface area contributed by atoms with E-state index >= 15 is 0 Å². The highest BCUT2D eigenvalue weighted by molar-refractivity contribution is 7.19. The third-order valence-corrected chi connectivity index (χ3v) is 5.93. The lowest BCUT2D eigenvalue weighted by Crippen LogP contribution is -2.30. The molecule has 0 spiro atoms. The van der Waals surface area contributed by atoms with Crippen LogP contribution < -0.4 is 0 Å². The fourth-order valence-electron chi connectivity index (χ4n) is 2.91. The van der Waals surface area contributed by atoms with Crippen molar-refractivity contribution in [1.82, 2.24) is 10.1 Å². The molecule has 118 valence electrons. The summed E-state index contributed by atoms with van der Waals surface area (Å²) < 4.78 is 6.01. The van der Waals surface area contributed by atoms with Gasteiger partial charge in [-0.3, -0.25) is 4.79 Å². The van der Waals surface area contributed by atoms with Crippen LogP contribution in [-0.2, 0) is 0 Å². The molecule has 1 atom stereocenters. The van der Waals surface area contributed by atoms with Gasteiger partial charge in [-0.1, -0.05) is 16.8 Å². The zero-order chi connectivity index (χ0) is 15.8. The van der Waals surface area contributed by atoms with Crippen molar-refractivity contribution in [2.45, 2.75) is 18.9 Å². The summed E-state index contributed by atoms with van der Waals surface area (Å²) in [6.45, 7) is 0.756. The summed E-state index contributed by atoms with van der Waals surface area (Å²) >= 11 is 9.00. The predicted molar refractivity (Wildman–Crippen MR) is 92.2 cm³/mol. The fourth-order valence-corrected chi connectivity index (χ4v) is 4.61. The summed E-state index contributed by atoms with van der Waals surface area (Å²) in [7, 11) is 0. The standard InChI is InChI=1S/C16H13ClN2O2S2/c17-15-4-3-14(23-15)13-8-11(18-21-13)16(20)19-6-1-2-12(19)10-5-7-22-9-10/h3-5,7-9,12H,1-2,6H2/t12-/m0/s1. The van der Waals surface area contributed by atoms with Gasteiger partial charge in [0.2, 0.25) is 0 Å². The molecule has 0 aromatic carbocycles. The van der Waals surface area contributed by atoms with Gasteiger partial charge in [-0.2, -0.15) is 11.3 Å². The number of thiophene rings is 2. The Morgan fingerprint density at radius 2 is 2.30 bits per heavy atom. The average Bonchev–Trinajstić information content (AvgIpc) is 3.31. The minimum absolute atomic E-state index is 0.0728. The minimum atomic E-state index is -0.0728. The number of rotatable bonds is 3. The van der Waals surface area contributed by atoms with Gasteiger partial charge >= 0.3 is 0 Å². The van der Waals surface area contributed by atoms with Crippen LogP contribution in [0.1, 0.15) is 34.9 Å². The molecule has 23 heavy (non-hydrogen) atoms. The molecular weight excluding hydrogens is 352 g/mol. The first-order valence-electron chi connectivity index (χ1n) is 7.28. The number of hydrogen-bond donors (Lipinski definition) is 0. The molecule has 1 fully saturated rings. The van der Waals surface area contributed by atoms with E-state index in [0.29, 0.717) is 15.8 Å². The van der Waals surface area contributed by atoms with Crippen molar-refractivity contribution in [3.05, 3.63) is 50.6 Å². The highest BCUT2D eigenvalue weighted by atomic mass is 35.5. The molecule has 1 amide bonds. The molecule has 0 bridgehead atoms. The van der Waals surface area contributed by atoms with E-state index in [9.17, 15) is 4.79 Å². The third-order valence-electron chi connectivity index (χ3n) is 3.99. The Morgan fingerprint density at radius 1 is 1.39 bits per heavy atom. The maximum Gasteiger partial charge on any atom is 0.276 e. The van der Waals surface area contributed by atoms with Gasteiger partial charge in [0, 0.05) is 12.6 Å². The second-order valence-electron chi connectivity index (χ2n) is 5.39. The van der Waals surface area contributed by atoms with Gasteiger partial charge < -0.3 is 9.42 Å². The van der Waals surface area contributed by atoms with E-state index < -0.39 is 0 Å². The van der Waals surface area contributed by atoms with Gasteiger partial charge in [0.1, 0.15) is 0 Å². The number of likely N-dealkylation sites (tertiary alicyclic amines) is 1. The monoisotopic (exact) mass is 364 g/mol. The van der Waals surface area contributed by atoms with E-state index in [0.717, 1.165) is 24.3 Å². The molecule has 1 aliphatic rings. The van der Waals surface area contributed by atoms with Crippen molar-refractivity contribution in [2.24, 2.45) is 0 Å². The number of carbonyl (C=O) groups excluding carboxylic acids is 1. The highest BCUT2D eigenvalue weighted by Crippen LogP contribution is 2.35. The molecule has 3 aromatic heterocycles. The van der Waals surface area contributed by atoms with Gasteiger partial charge in [-0.15, -0.1) is 11.3 Å². The molecule has 4 rings (SSSR count). The topological polar surface area (TPSA) is 46.3 Å². The molecule has 0 unspecified atom stereocenters. The number of carbonyl (C=O) groups is 1. The van der Waals surface area contributed by atoms with Crippen LogP contribution >= 0.6 is 34.3 Å². The Kier molecular flexibility index (Phi) is 3.97. The van der Waals surface area contributed by atoms with Gasteiger partial charge in [0.05, 0.1) is 15.3 Å². The molecule has 1 aliphatic heterocycles. The second-order valence-corrected chi connectivity index (χ2v) is 7.89. The molecular formula is C16H13ClN2O2S2. The van der Waals surface area contributed by atoms with E-state index in [1.807, 2.05) is 16.3 Å². The first-order chi connectivity index (χ1) is 11.2. The third kappa shape index (κ3) is 2.82. The fraction of sp³-hybridized carbons (Fsp3) is 0.250. The number of hydrogen-bond acceptors (Lipinski definition) is 5. The second kappa shape index (κ2) is 6.11. The van der Waals surface area contributed by atoms with Crippen LogP contribution in [0.2, 0.25) is 4.34 Å². The van der Waals surface area contributed by atoms with Crippen LogP contribution in [0.3, 0.4) is 0 Å². The van der Waals surface area contributed by atoms with Crippen LogP contribution in [0.25, 0.3) is 10.6 Å². The van der Waals surface area contributed by atoms with Gasteiger partial charge in [0.25, 0.3) is 5.91 Å². The van der Waals surface area contributed by atoms with Crippen molar-refractivity contribution < 1.29 is 9.32 Å². The largest absolute Gasteiger partial charge is 0.355 e. The lowest BCUT2D eigenvalue weighted by molar-refractivity contribution is 0.0725. The average molecular weight is 365 g/mol.